The van der Waals surface area contributed by atoms with Gasteiger partial charge in [-0.1, -0.05) is 24.2 Å². The minimum atomic E-state index is 0.872. The van der Waals surface area contributed by atoms with E-state index in [1.165, 1.54) is 25.7 Å². The lowest BCUT2D eigenvalue weighted by Crippen LogP contribution is -1.94. The van der Waals surface area contributed by atoms with E-state index in [1.54, 1.807) is 11.3 Å². The average Bonchev–Trinajstić information content (AvgIpc) is 2.85. The van der Waals surface area contributed by atoms with Gasteiger partial charge < -0.3 is 5.32 Å². The topological polar surface area (TPSA) is 37.8 Å². The zero-order valence-corrected chi connectivity index (χ0v) is 10.7. The van der Waals surface area contributed by atoms with Crippen LogP contribution in [0.3, 0.4) is 0 Å². The van der Waals surface area contributed by atoms with E-state index in [0.717, 1.165) is 27.7 Å². The van der Waals surface area contributed by atoms with Gasteiger partial charge in [0, 0.05) is 17.5 Å². The molecule has 3 nitrogen and oxygen atoms in total. The van der Waals surface area contributed by atoms with Crippen LogP contribution >= 0.6 is 23.1 Å². The molecular weight excluding hydrogens is 226 g/mol. The van der Waals surface area contributed by atoms with Gasteiger partial charge in [-0.25, -0.2) is 0 Å². The zero-order valence-electron chi connectivity index (χ0n) is 9.03. The monoisotopic (exact) mass is 243 g/mol. The first-order valence-electron chi connectivity index (χ1n) is 5.56. The molecule has 0 amide bonds. The van der Waals surface area contributed by atoms with Crippen molar-refractivity contribution in [1.82, 2.24) is 10.2 Å². The molecule has 0 bridgehead atoms. The molecule has 1 saturated carbocycles. The quantitative estimate of drug-likeness (QED) is 0.862. The molecule has 15 heavy (non-hydrogen) atoms. The van der Waals surface area contributed by atoms with E-state index in [-0.39, 0.29) is 0 Å². The van der Waals surface area contributed by atoms with E-state index < -0.39 is 0 Å². The van der Waals surface area contributed by atoms with Crippen LogP contribution < -0.4 is 5.32 Å². The summed E-state index contributed by atoms with van der Waals surface area (Å²) >= 11 is 3.74. The van der Waals surface area contributed by atoms with E-state index in [9.17, 15) is 0 Å². The second-order valence-electron chi connectivity index (χ2n) is 3.75. The van der Waals surface area contributed by atoms with Crippen LogP contribution in [0.2, 0.25) is 0 Å². The van der Waals surface area contributed by atoms with Crippen molar-refractivity contribution in [3.8, 4) is 0 Å². The van der Waals surface area contributed by atoms with E-state index >= 15 is 0 Å². The van der Waals surface area contributed by atoms with E-state index in [2.05, 4.69) is 22.4 Å². The van der Waals surface area contributed by atoms with Crippen molar-refractivity contribution in [2.45, 2.75) is 43.6 Å². The van der Waals surface area contributed by atoms with Crippen LogP contribution in [0.15, 0.2) is 0 Å². The number of thioether (sulfide) groups is 1. The maximum Gasteiger partial charge on any atom is 0.205 e. The van der Waals surface area contributed by atoms with Crippen LogP contribution in [0.1, 0.15) is 37.6 Å². The normalized spacial score (nSPS) is 17.1. The molecule has 0 saturated heterocycles. The lowest BCUT2D eigenvalue weighted by atomic mass is 10.4. The van der Waals surface area contributed by atoms with E-state index in [1.807, 2.05) is 11.8 Å². The minimum Gasteiger partial charge on any atom is -0.360 e. The Labute approximate surface area is 99.1 Å². The fourth-order valence-corrected chi connectivity index (χ4v) is 3.92. The number of rotatable bonds is 5. The molecule has 5 heteroatoms. The Morgan fingerprint density at radius 1 is 1.40 bits per heavy atom. The first-order valence-corrected chi connectivity index (χ1v) is 7.43. The summed E-state index contributed by atoms with van der Waals surface area (Å²) in [4.78, 5) is 0. The summed E-state index contributed by atoms with van der Waals surface area (Å²) in [6.07, 6.45) is 5.61. The molecule has 0 spiro atoms. The van der Waals surface area contributed by atoms with Crippen molar-refractivity contribution in [2.24, 2.45) is 0 Å². The molecule has 2 rings (SSSR count). The van der Waals surface area contributed by atoms with Crippen molar-refractivity contribution >= 4 is 28.2 Å². The van der Waals surface area contributed by atoms with Gasteiger partial charge in [0.2, 0.25) is 5.13 Å². The second-order valence-corrected chi connectivity index (χ2v) is 6.10. The molecule has 0 atom stereocenters. The highest BCUT2D eigenvalue weighted by molar-refractivity contribution is 7.99. The molecule has 0 aromatic carbocycles. The van der Waals surface area contributed by atoms with Gasteiger partial charge in [0.05, 0.1) is 0 Å². The van der Waals surface area contributed by atoms with Gasteiger partial charge in [-0.2, -0.15) is 11.8 Å². The highest BCUT2D eigenvalue weighted by Gasteiger charge is 2.16. The summed E-state index contributed by atoms with van der Waals surface area (Å²) in [7, 11) is 0. The molecule has 0 radical (unpaired) electrons. The van der Waals surface area contributed by atoms with Crippen molar-refractivity contribution in [2.75, 3.05) is 11.9 Å². The van der Waals surface area contributed by atoms with Crippen LogP contribution in [0.5, 0.6) is 0 Å². The molecule has 1 aromatic heterocycles. The Balaban J connectivity index is 1.77. The van der Waals surface area contributed by atoms with Crippen LogP contribution in [0, 0.1) is 0 Å². The van der Waals surface area contributed by atoms with E-state index in [4.69, 9.17) is 0 Å². The first kappa shape index (κ1) is 11.2. The van der Waals surface area contributed by atoms with Gasteiger partial charge in [0.15, 0.2) is 0 Å². The molecule has 1 heterocycles. The van der Waals surface area contributed by atoms with Gasteiger partial charge >= 0.3 is 0 Å². The zero-order chi connectivity index (χ0) is 10.5. The van der Waals surface area contributed by atoms with Crippen molar-refractivity contribution in [1.29, 1.82) is 0 Å². The molecule has 0 aliphatic heterocycles. The van der Waals surface area contributed by atoms with Gasteiger partial charge in [-0.15, -0.1) is 10.2 Å². The summed E-state index contributed by atoms with van der Waals surface area (Å²) in [5.74, 6) is 1.04. The number of hydrogen-bond donors (Lipinski definition) is 1. The average molecular weight is 243 g/mol. The fraction of sp³-hybridized carbons (Fsp3) is 0.800. The standard InChI is InChI=1S/C10H17N3S2/c1-2-11-10-13-12-9(15-10)7-14-8-5-3-4-6-8/h8H,2-7H2,1H3,(H,11,13). The van der Waals surface area contributed by atoms with Crippen LogP contribution in [0.25, 0.3) is 0 Å². The van der Waals surface area contributed by atoms with Crippen LogP contribution in [0.4, 0.5) is 5.13 Å². The maximum atomic E-state index is 4.18. The predicted molar refractivity (Wildman–Crippen MR) is 67.6 cm³/mol. The predicted octanol–water partition coefficient (Wildman–Crippen LogP) is 3.15. The number of nitrogens with zero attached hydrogens (tertiary/aromatic N) is 2. The Bertz CT molecular complexity index is 295. The Hall–Kier alpha value is -0.290. The summed E-state index contributed by atoms with van der Waals surface area (Å²) in [6.45, 7) is 3.00. The van der Waals surface area contributed by atoms with Crippen molar-refractivity contribution < 1.29 is 0 Å². The Morgan fingerprint density at radius 2 is 2.20 bits per heavy atom. The largest absolute Gasteiger partial charge is 0.360 e. The number of aromatic nitrogens is 2. The summed E-state index contributed by atoms with van der Waals surface area (Å²) in [5, 5.41) is 14.5. The van der Waals surface area contributed by atoms with Gasteiger partial charge in [0.25, 0.3) is 0 Å². The smallest absolute Gasteiger partial charge is 0.205 e. The minimum absolute atomic E-state index is 0.872. The van der Waals surface area contributed by atoms with Gasteiger partial charge in [-0.3, -0.25) is 0 Å². The van der Waals surface area contributed by atoms with E-state index in [0.29, 0.717) is 0 Å². The SMILES string of the molecule is CCNc1nnc(CSC2CCCC2)s1. The molecule has 1 aromatic rings. The highest BCUT2D eigenvalue weighted by atomic mass is 32.2. The lowest BCUT2D eigenvalue weighted by molar-refractivity contribution is 0.886. The second kappa shape index (κ2) is 5.70. The van der Waals surface area contributed by atoms with Crippen molar-refractivity contribution in [3.05, 3.63) is 5.01 Å². The number of hydrogen-bond acceptors (Lipinski definition) is 5. The van der Waals surface area contributed by atoms with Crippen LogP contribution in [-0.2, 0) is 5.75 Å². The van der Waals surface area contributed by atoms with Gasteiger partial charge in [-0.05, 0) is 19.8 Å². The van der Waals surface area contributed by atoms with Gasteiger partial charge in [0.1, 0.15) is 5.01 Å². The van der Waals surface area contributed by atoms with Crippen molar-refractivity contribution in [3.63, 3.8) is 0 Å². The Morgan fingerprint density at radius 3 is 2.93 bits per heavy atom. The molecule has 84 valence electrons. The number of nitrogens with one attached hydrogen (secondary N) is 1. The molecule has 1 aliphatic rings. The van der Waals surface area contributed by atoms with Crippen LogP contribution in [-0.4, -0.2) is 22.0 Å². The molecule has 1 fully saturated rings. The highest BCUT2D eigenvalue weighted by Crippen LogP contribution is 2.32. The first-order chi connectivity index (χ1) is 7.38. The summed E-state index contributed by atoms with van der Waals surface area (Å²) in [6, 6.07) is 0. The molecule has 0 unspecified atom stereocenters. The third kappa shape index (κ3) is 3.34. The molecule has 1 aliphatic carbocycles. The Kier molecular flexibility index (Phi) is 4.26. The third-order valence-corrected chi connectivity index (χ3v) is 4.99. The fourth-order valence-electron chi connectivity index (χ4n) is 1.78. The summed E-state index contributed by atoms with van der Waals surface area (Å²) < 4.78 is 0. The molecule has 1 N–H and O–H groups in total. The molecular formula is C10H17N3S2. The maximum absolute atomic E-state index is 4.18. The third-order valence-electron chi connectivity index (χ3n) is 2.54. The lowest BCUT2D eigenvalue weighted by Gasteiger charge is -2.05. The summed E-state index contributed by atoms with van der Waals surface area (Å²) in [5.41, 5.74) is 0. The number of anilines is 1.